The summed E-state index contributed by atoms with van der Waals surface area (Å²) in [6, 6.07) is 0.0443. The zero-order valence-corrected chi connectivity index (χ0v) is 17.7. The number of morpholine rings is 1. The quantitative estimate of drug-likeness (QED) is 0.650. The fourth-order valence-electron chi connectivity index (χ4n) is 3.60. The minimum atomic E-state index is -0.690. The average molecular weight is 429 g/mol. The molecule has 1 saturated carbocycles. The Morgan fingerprint density at radius 3 is 2.68 bits per heavy atom. The third-order valence-electron chi connectivity index (χ3n) is 5.33. The molecular formula is C21H27N5O5. The summed E-state index contributed by atoms with van der Waals surface area (Å²) in [7, 11) is 0. The van der Waals surface area contributed by atoms with Crippen molar-refractivity contribution < 1.29 is 19.4 Å². The lowest BCUT2D eigenvalue weighted by Crippen LogP contribution is -2.39. The Kier molecular flexibility index (Phi) is 5.81. The number of hydrogen-bond donors (Lipinski definition) is 2. The van der Waals surface area contributed by atoms with Gasteiger partial charge in [0.1, 0.15) is 5.65 Å². The van der Waals surface area contributed by atoms with Gasteiger partial charge in [0, 0.05) is 37.3 Å². The first-order chi connectivity index (χ1) is 14.9. The van der Waals surface area contributed by atoms with Crippen LogP contribution in [0.5, 0.6) is 5.88 Å². The Bertz CT molecular complexity index is 1090. The first-order valence-corrected chi connectivity index (χ1v) is 10.6. The van der Waals surface area contributed by atoms with E-state index in [9.17, 15) is 19.5 Å². The van der Waals surface area contributed by atoms with Gasteiger partial charge in [-0.25, -0.2) is 0 Å². The normalized spacial score (nSPS) is 17.1. The second kappa shape index (κ2) is 8.54. The van der Waals surface area contributed by atoms with Gasteiger partial charge in [-0.2, -0.15) is 9.61 Å². The van der Waals surface area contributed by atoms with Gasteiger partial charge in [-0.05, 0) is 24.8 Å². The maximum Gasteiger partial charge on any atom is 0.291 e. The van der Waals surface area contributed by atoms with Crippen LogP contribution in [-0.2, 0) is 16.1 Å². The number of carbonyl (C=O) groups excluding carboxylic acids is 2. The molecule has 166 valence electrons. The Hall–Kier alpha value is -3.14. The molecule has 1 aliphatic carbocycles. The lowest BCUT2D eigenvalue weighted by atomic mass is 10.2. The van der Waals surface area contributed by atoms with Gasteiger partial charge in [0.2, 0.25) is 11.8 Å². The second-order valence-corrected chi connectivity index (χ2v) is 8.36. The summed E-state index contributed by atoms with van der Waals surface area (Å²) in [4.78, 5) is 39.7. The summed E-state index contributed by atoms with van der Waals surface area (Å²) in [5, 5.41) is 17.8. The van der Waals surface area contributed by atoms with E-state index in [1.54, 1.807) is 11.0 Å². The molecule has 0 radical (unpaired) electrons. The fraction of sp³-hybridized carbons (Fsp3) is 0.524. The molecule has 2 amide bonds. The largest absolute Gasteiger partial charge is 0.494 e. The molecule has 2 aliphatic rings. The van der Waals surface area contributed by atoms with Gasteiger partial charge in [-0.15, -0.1) is 0 Å². The number of rotatable bonds is 6. The number of nitrogens with one attached hydrogen (secondary N) is 1. The highest BCUT2D eigenvalue weighted by Crippen LogP contribution is 2.24. The third-order valence-corrected chi connectivity index (χ3v) is 5.33. The molecular weight excluding hydrogens is 402 g/mol. The van der Waals surface area contributed by atoms with E-state index in [1.807, 2.05) is 13.8 Å². The third kappa shape index (κ3) is 4.34. The summed E-state index contributed by atoms with van der Waals surface area (Å²) in [5.74, 6) is -1.03. The van der Waals surface area contributed by atoms with Crippen molar-refractivity contribution in [2.45, 2.75) is 39.3 Å². The highest BCUT2D eigenvalue weighted by Gasteiger charge is 2.29. The minimum absolute atomic E-state index is 0.0443. The second-order valence-electron chi connectivity index (χ2n) is 8.36. The zero-order chi connectivity index (χ0) is 22.1. The number of hydrogen-bond acceptors (Lipinski definition) is 6. The zero-order valence-electron chi connectivity index (χ0n) is 17.7. The number of fused-ring (bicyclic) bond motifs is 1. The predicted octanol–water partition coefficient (Wildman–Crippen LogP) is 0.622. The lowest BCUT2D eigenvalue weighted by Gasteiger charge is -2.25. The SMILES string of the molecule is CC(C)Cn1c(O)c(C(=O)NC2CC2)c(=O)n2ncc(/C=C/C(=O)N3CCOCC3)c12. The summed E-state index contributed by atoms with van der Waals surface area (Å²) in [6.45, 7) is 6.35. The van der Waals surface area contributed by atoms with Crippen molar-refractivity contribution in [1.29, 1.82) is 0 Å². The Morgan fingerprint density at radius 1 is 1.32 bits per heavy atom. The lowest BCUT2D eigenvalue weighted by molar-refractivity contribution is -0.129. The van der Waals surface area contributed by atoms with Crippen molar-refractivity contribution in [3.05, 3.63) is 33.8 Å². The smallest absolute Gasteiger partial charge is 0.291 e. The first kappa shape index (κ1) is 21.1. The van der Waals surface area contributed by atoms with Gasteiger partial charge in [0.05, 0.1) is 19.4 Å². The maximum atomic E-state index is 13.0. The summed E-state index contributed by atoms with van der Waals surface area (Å²) in [6.07, 6.45) is 6.20. The molecule has 10 heteroatoms. The van der Waals surface area contributed by atoms with Gasteiger partial charge in [-0.1, -0.05) is 13.8 Å². The fourth-order valence-corrected chi connectivity index (χ4v) is 3.60. The van der Waals surface area contributed by atoms with E-state index >= 15 is 0 Å². The van der Waals surface area contributed by atoms with Crippen LogP contribution in [0.4, 0.5) is 0 Å². The van der Waals surface area contributed by atoms with Crippen molar-refractivity contribution in [3.63, 3.8) is 0 Å². The molecule has 4 rings (SSSR count). The summed E-state index contributed by atoms with van der Waals surface area (Å²) < 4.78 is 7.89. The number of aromatic hydroxyl groups is 1. The van der Waals surface area contributed by atoms with Gasteiger partial charge < -0.3 is 20.1 Å². The Balaban J connectivity index is 1.75. The molecule has 3 heterocycles. The van der Waals surface area contributed by atoms with E-state index in [0.717, 1.165) is 17.4 Å². The summed E-state index contributed by atoms with van der Waals surface area (Å²) in [5.41, 5.74) is -0.165. The van der Waals surface area contributed by atoms with E-state index in [4.69, 9.17) is 4.74 Å². The molecule has 0 atom stereocenters. The maximum absolute atomic E-state index is 13.0. The molecule has 2 aromatic rings. The van der Waals surface area contributed by atoms with Gasteiger partial charge in [-0.3, -0.25) is 19.0 Å². The molecule has 1 saturated heterocycles. The molecule has 1 aliphatic heterocycles. The number of carbonyl (C=O) groups is 2. The van der Waals surface area contributed by atoms with E-state index < -0.39 is 11.5 Å². The number of aromatic nitrogens is 3. The van der Waals surface area contributed by atoms with Crippen LogP contribution in [0, 0.1) is 5.92 Å². The van der Waals surface area contributed by atoms with Crippen molar-refractivity contribution >= 4 is 23.5 Å². The van der Waals surface area contributed by atoms with E-state index in [1.165, 1.54) is 16.8 Å². The van der Waals surface area contributed by atoms with Crippen LogP contribution in [0.2, 0.25) is 0 Å². The Morgan fingerprint density at radius 2 is 2.03 bits per heavy atom. The molecule has 10 nitrogen and oxygen atoms in total. The number of amides is 2. The van der Waals surface area contributed by atoms with Crippen LogP contribution in [0.15, 0.2) is 17.1 Å². The molecule has 0 spiro atoms. The monoisotopic (exact) mass is 429 g/mol. The highest BCUT2D eigenvalue weighted by molar-refractivity contribution is 5.97. The van der Waals surface area contributed by atoms with Crippen LogP contribution in [0.1, 0.15) is 42.6 Å². The minimum Gasteiger partial charge on any atom is -0.494 e. The van der Waals surface area contributed by atoms with Crippen molar-refractivity contribution in [1.82, 2.24) is 24.4 Å². The van der Waals surface area contributed by atoms with Gasteiger partial charge in [0.25, 0.3) is 11.5 Å². The molecule has 0 unspecified atom stereocenters. The molecule has 2 fully saturated rings. The predicted molar refractivity (Wildman–Crippen MR) is 113 cm³/mol. The van der Waals surface area contributed by atoms with Crippen LogP contribution in [0.25, 0.3) is 11.7 Å². The topological polar surface area (TPSA) is 118 Å². The van der Waals surface area contributed by atoms with Crippen LogP contribution < -0.4 is 10.9 Å². The van der Waals surface area contributed by atoms with Crippen molar-refractivity contribution in [2.24, 2.45) is 5.92 Å². The van der Waals surface area contributed by atoms with Crippen LogP contribution in [-0.4, -0.2) is 68.3 Å². The molecule has 2 N–H and O–H groups in total. The molecule has 31 heavy (non-hydrogen) atoms. The molecule has 2 aromatic heterocycles. The van der Waals surface area contributed by atoms with Crippen molar-refractivity contribution in [3.8, 4) is 5.88 Å². The van der Waals surface area contributed by atoms with Crippen molar-refractivity contribution in [2.75, 3.05) is 26.3 Å². The van der Waals surface area contributed by atoms with Gasteiger partial charge >= 0.3 is 0 Å². The number of nitrogens with zero attached hydrogens (tertiary/aromatic N) is 4. The average Bonchev–Trinajstić information content (AvgIpc) is 3.45. The highest BCUT2D eigenvalue weighted by atomic mass is 16.5. The number of ether oxygens (including phenoxy) is 1. The first-order valence-electron chi connectivity index (χ1n) is 10.6. The standard InChI is InChI=1S/C21H27N5O5/c1-13(2)12-25-19-14(3-6-16(27)24-7-9-31-10-8-24)11-22-26(19)21(30)17(20(25)29)18(28)23-15-4-5-15/h3,6,11,13,15,29H,4-5,7-10,12H2,1-2H3,(H,23,28)/b6-3+. The van der Waals surface area contributed by atoms with Crippen LogP contribution in [0.3, 0.4) is 0 Å². The molecule has 0 aromatic carbocycles. The van der Waals surface area contributed by atoms with E-state index in [-0.39, 0.29) is 29.3 Å². The Labute approximate surface area is 179 Å². The van der Waals surface area contributed by atoms with E-state index in [0.29, 0.717) is 44.1 Å². The molecule has 0 bridgehead atoms. The van der Waals surface area contributed by atoms with E-state index in [2.05, 4.69) is 10.4 Å². The van der Waals surface area contributed by atoms with Gasteiger partial charge in [0.15, 0.2) is 5.56 Å². The van der Waals surface area contributed by atoms with Crippen LogP contribution >= 0.6 is 0 Å². The summed E-state index contributed by atoms with van der Waals surface area (Å²) >= 11 is 0.